The number of hydrogen-bond acceptors (Lipinski definition) is 2. The molecule has 0 aliphatic carbocycles. The van der Waals surface area contributed by atoms with Crippen molar-refractivity contribution in [3.8, 4) is 11.1 Å². The normalized spacial score (nSPS) is 10.2. The van der Waals surface area contributed by atoms with Crippen LogP contribution in [-0.2, 0) is 0 Å². The van der Waals surface area contributed by atoms with Gasteiger partial charge >= 0.3 is 0 Å². The van der Waals surface area contributed by atoms with Crippen LogP contribution in [0.15, 0.2) is 36.4 Å². The number of benzene rings is 2. The minimum Gasteiger partial charge on any atom is -0.366 e. The van der Waals surface area contributed by atoms with Gasteiger partial charge < -0.3 is 5.73 Å². The van der Waals surface area contributed by atoms with Crippen molar-refractivity contribution in [1.29, 1.82) is 0 Å². The number of rotatable bonds is 3. The number of carbonyl (C=O) groups is 2. The standard InChI is InChI=1S/C14H9F2NO2/c15-12-5-10(6-13(16)11(12)7-18)8-2-1-3-9(4-8)14(17)19/h1-7H,(H2,17,19). The first-order valence-corrected chi connectivity index (χ1v) is 5.37. The van der Waals surface area contributed by atoms with Crippen molar-refractivity contribution in [3.63, 3.8) is 0 Å². The van der Waals surface area contributed by atoms with Crippen molar-refractivity contribution in [3.05, 3.63) is 59.2 Å². The highest BCUT2D eigenvalue weighted by Crippen LogP contribution is 2.24. The minimum atomic E-state index is -0.950. The molecule has 96 valence electrons. The lowest BCUT2D eigenvalue weighted by Gasteiger charge is -2.06. The fourth-order valence-electron chi connectivity index (χ4n) is 1.72. The predicted octanol–water partition coefficient (Wildman–Crippen LogP) is 2.54. The van der Waals surface area contributed by atoms with Crippen LogP contribution in [0.2, 0.25) is 0 Å². The molecule has 2 aromatic carbocycles. The van der Waals surface area contributed by atoms with Crippen molar-refractivity contribution in [2.75, 3.05) is 0 Å². The third kappa shape index (κ3) is 2.49. The zero-order valence-electron chi connectivity index (χ0n) is 9.69. The van der Waals surface area contributed by atoms with Gasteiger partial charge in [-0.05, 0) is 35.4 Å². The van der Waals surface area contributed by atoms with E-state index in [1.54, 1.807) is 12.1 Å². The number of carbonyl (C=O) groups excluding carboxylic acids is 2. The molecule has 0 spiro atoms. The summed E-state index contributed by atoms with van der Waals surface area (Å²) in [7, 11) is 0. The second-order valence-electron chi connectivity index (χ2n) is 3.92. The van der Waals surface area contributed by atoms with E-state index in [9.17, 15) is 18.4 Å². The van der Waals surface area contributed by atoms with Crippen molar-refractivity contribution in [2.24, 2.45) is 5.73 Å². The Morgan fingerprint density at radius 1 is 1.05 bits per heavy atom. The second kappa shape index (κ2) is 4.97. The Morgan fingerprint density at radius 2 is 1.68 bits per heavy atom. The van der Waals surface area contributed by atoms with Gasteiger partial charge in [-0.25, -0.2) is 8.78 Å². The van der Waals surface area contributed by atoms with E-state index in [4.69, 9.17) is 5.73 Å². The highest BCUT2D eigenvalue weighted by molar-refractivity contribution is 5.94. The largest absolute Gasteiger partial charge is 0.366 e. The van der Waals surface area contributed by atoms with Crippen LogP contribution in [0.5, 0.6) is 0 Å². The molecule has 0 aliphatic rings. The number of nitrogens with two attached hydrogens (primary N) is 1. The van der Waals surface area contributed by atoms with E-state index < -0.39 is 23.1 Å². The van der Waals surface area contributed by atoms with E-state index in [1.807, 2.05) is 0 Å². The summed E-state index contributed by atoms with van der Waals surface area (Å²) in [6.45, 7) is 0. The molecule has 0 radical (unpaired) electrons. The zero-order chi connectivity index (χ0) is 14.0. The average Bonchev–Trinajstić information content (AvgIpc) is 2.38. The zero-order valence-corrected chi connectivity index (χ0v) is 9.69. The minimum absolute atomic E-state index is 0.119. The van der Waals surface area contributed by atoms with Crippen LogP contribution in [0.1, 0.15) is 20.7 Å². The Kier molecular flexibility index (Phi) is 3.37. The molecule has 2 rings (SSSR count). The van der Waals surface area contributed by atoms with Gasteiger partial charge in [-0.2, -0.15) is 0 Å². The lowest BCUT2D eigenvalue weighted by atomic mass is 10.0. The topological polar surface area (TPSA) is 60.2 Å². The maximum atomic E-state index is 13.5. The Labute approximate surface area is 107 Å². The molecule has 1 amide bonds. The summed E-state index contributed by atoms with van der Waals surface area (Å²) in [5.41, 5.74) is 5.41. The van der Waals surface area contributed by atoms with E-state index in [1.165, 1.54) is 12.1 Å². The van der Waals surface area contributed by atoms with Crippen LogP contribution >= 0.6 is 0 Å². The van der Waals surface area contributed by atoms with Gasteiger partial charge in [-0.15, -0.1) is 0 Å². The van der Waals surface area contributed by atoms with Crippen LogP contribution in [0.4, 0.5) is 8.78 Å². The molecular formula is C14H9F2NO2. The molecule has 0 atom stereocenters. The summed E-state index contributed by atoms with van der Waals surface area (Å²) < 4.78 is 27.0. The summed E-state index contributed by atoms with van der Waals surface area (Å²) in [6, 6.07) is 8.13. The van der Waals surface area contributed by atoms with Crippen LogP contribution < -0.4 is 5.73 Å². The molecule has 2 N–H and O–H groups in total. The molecule has 0 unspecified atom stereocenters. The second-order valence-corrected chi connectivity index (χ2v) is 3.92. The van der Waals surface area contributed by atoms with E-state index >= 15 is 0 Å². The predicted molar refractivity (Wildman–Crippen MR) is 65.7 cm³/mol. The molecule has 0 aliphatic heterocycles. The van der Waals surface area contributed by atoms with E-state index in [0.717, 1.165) is 12.1 Å². The molecule has 3 nitrogen and oxygen atoms in total. The molecule has 0 aromatic heterocycles. The highest BCUT2D eigenvalue weighted by Gasteiger charge is 2.12. The van der Waals surface area contributed by atoms with Gasteiger partial charge in [0.05, 0.1) is 5.56 Å². The smallest absolute Gasteiger partial charge is 0.248 e. The molecule has 0 bridgehead atoms. The van der Waals surface area contributed by atoms with Crippen molar-refractivity contribution < 1.29 is 18.4 Å². The number of aldehydes is 1. The molecule has 2 aromatic rings. The van der Waals surface area contributed by atoms with Crippen molar-refractivity contribution in [2.45, 2.75) is 0 Å². The number of amides is 1. The molecule has 19 heavy (non-hydrogen) atoms. The summed E-state index contributed by atoms with van der Waals surface area (Å²) >= 11 is 0. The molecular weight excluding hydrogens is 252 g/mol. The molecule has 0 fully saturated rings. The first kappa shape index (κ1) is 12.9. The lowest BCUT2D eigenvalue weighted by Crippen LogP contribution is -2.10. The lowest BCUT2D eigenvalue weighted by molar-refractivity contribution is 0.0999. The van der Waals surface area contributed by atoms with Gasteiger partial charge in [0.1, 0.15) is 11.6 Å². The van der Waals surface area contributed by atoms with E-state index in [-0.39, 0.29) is 17.4 Å². The Morgan fingerprint density at radius 3 is 2.21 bits per heavy atom. The van der Waals surface area contributed by atoms with Crippen molar-refractivity contribution >= 4 is 12.2 Å². The molecule has 0 saturated heterocycles. The fraction of sp³-hybridized carbons (Fsp3) is 0. The summed E-state index contributed by atoms with van der Waals surface area (Å²) in [5, 5.41) is 0. The Bertz CT molecular complexity index is 645. The van der Waals surface area contributed by atoms with Crippen LogP contribution in [-0.4, -0.2) is 12.2 Å². The summed E-state index contributed by atoms with van der Waals surface area (Å²) in [6.07, 6.45) is 0.119. The quantitative estimate of drug-likeness (QED) is 0.863. The number of primary amides is 1. The van der Waals surface area contributed by atoms with Gasteiger partial charge in [-0.1, -0.05) is 12.1 Å². The Hall–Kier alpha value is -2.56. The molecule has 5 heteroatoms. The maximum Gasteiger partial charge on any atom is 0.248 e. The van der Waals surface area contributed by atoms with E-state index in [2.05, 4.69) is 0 Å². The fourth-order valence-corrected chi connectivity index (χ4v) is 1.72. The third-order valence-electron chi connectivity index (χ3n) is 2.68. The summed E-state index contributed by atoms with van der Waals surface area (Å²) in [4.78, 5) is 21.5. The van der Waals surface area contributed by atoms with Crippen LogP contribution in [0.3, 0.4) is 0 Å². The number of hydrogen-bond donors (Lipinski definition) is 1. The van der Waals surface area contributed by atoms with Gasteiger partial charge in [-0.3, -0.25) is 9.59 Å². The van der Waals surface area contributed by atoms with Crippen molar-refractivity contribution in [1.82, 2.24) is 0 Å². The van der Waals surface area contributed by atoms with Gasteiger partial charge in [0.15, 0.2) is 6.29 Å². The van der Waals surface area contributed by atoms with Crippen LogP contribution in [0.25, 0.3) is 11.1 Å². The van der Waals surface area contributed by atoms with Gasteiger partial charge in [0, 0.05) is 5.56 Å². The summed E-state index contributed by atoms with van der Waals surface area (Å²) in [5.74, 6) is -2.53. The maximum absolute atomic E-state index is 13.5. The molecule has 0 saturated carbocycles. The number of halogens is 2. The first-order valence-electron chi connectivity index (χ1n) is 5.37. The monoisotopic (exact) mass is 261 g/mol. The SMILES string of the molecule is NC(=O)c1cccc(-c2cc(F)c(C=O)c(F)c2)c1. The highest BCUT2D eigenvalue weighted by atomic mass is 19.1. The van der Waals surface area contributed by atoms with Gasteiger partial charge in [0.2, 0.25) is 5.91 Å². The Balaban J connectivity index is 2.56. The third-order valence-corrected chi connectivity index (χ3v) is 2.68. The van der Waals surface area contributed by atoms with Crippen LogP contribution in [0, 0.1) is 11.6 Å². The molecule has 0 heterocycles. The van der Waals surface area contributed by atoms with Gasteiger partial charge in [0.25, 0.3) is 0 Å². The average molecular weight is 261 g/mol. The van der Waals surface area contributed by atoms with E-state index in [0.29, 0.717) is 5.56 Å². The first-order chi connectivity index (χ1) is 9.02.